The molecule has 1 unspecified atom stereocenters. The lowest BCUT2D eigenvalue weighted by Crippen LogP contribution is -2.20. The zero-order valence-corrected chi connectivity index (χ0v) is 9.07. The molecular formula is C10H12F3NO3. The number of hydrogen-bond donors (Lipinski definition) is 1. The fourth-order valence-electron chi connectivity index (χ4n) is 1.19. The lowest BCUT2D eigenvalue weighted by molar-refractivity contribution is -0.179. The van der Waals surface area contributed by atoms with E-state index in [9.17, 15) is 18.3 Å². The SMILES string of the molecule is COc1cccnc1C(O)COCC(F)(F)F. The van der Waals surface area contributed by atoms with Crippen LogP contribution in [0.5, 0.6) is 5.75 Å². The smallest absolute Gasteiger partial charge is 0.411 e. The monoisotopic (exact) mass is 251 g/mol. The summed E-state index contributed by atoms with van der Waals surface area (Å²) in [6, 6.07) is 3.14. The maximum atomic E-state index is 11.8. The van der Waals surface area contributed by atoms with Gasteiger partial charge in [-0.2, -0.15) is 13.2 Å². The van der Waals surface area contributed by atoms with E-state index in [1.54, 1.807) is 12.1 Å². The molecule has 1 heterocycles. The normalized spacial score (nSPS) is 13.5. The van der Waals surface area contributed by atoms with Crippen LogP contribution in [0.1, 0.15) is 11.8 Å². The van der Waals surface area contributed by atoms with E-state index in [4.69, 9.17) is 4.74 Å². The molecule has 0 aliphatic rings. The van der Waals surface area contributed by atoms with E-state index >= 15 is 0 Å². The Bertz CT molecular complexity index is 357. The molecule has 0 spiro atoms. The topological polar surface area (TPSA) is 51.6 Å². The molecular weight excluding hydrogens is 239 g/mol. The first-order valence-electron chi connectivity index (χ1n) is 4.75. The van der Waals surface area contributed by atoms with Crippen molar-refractivity contribution in [3.8, 4) is 5.75 Å². The van der Waals surface area contributed by atoms with Gasteiger partial charge in [0.25, 0.3) is 0 Å². The van der Waals surface area contributed by atoms with Crippen LogP contribution in [0.4, 0.5) is 13.2 Å². The Morgan fingerprint density at radius 3 is 2.76 bits per heavy atom. The molecule has 1 rings (SSSR count). The lowest BCUT2D eigenvalue weighted by Gasteiger charge is -2.14. The first kappa shape index (κ1) is 13.7. The van der Waals surface area contributed by atoms with Gasteiger partial charge in [-0.1, -0.05) is 0 Å². The minimum absolute atomic E-state index is 0.150. The maximum Gasteiger partial charge on any atom is 0.411 e. The zero-order chi connectivity index (χ0) is 12.9. The predicted molar refractivity (Wildman–Crippen MR) is 52.6 cm³/mol. The van der Waals surface area contributed by atoms with Crippen LogP contribution in [0, 0.1) is 0 Å². The molecule has 0 aliphatic heterocycles. The molecule has 1 aromatic heterocycles. The van der Waals surface area contributed by atoms with Crippen LogP contribution in [-0.2, 0) is 4.74 Å². The van der Waals surface area contributed by atoms with Crippen molar-refractivity contribution in [1.29, 1.82) is 0 Å². The van der Waals surface area contributed by atoms with Gasteiger partial charge >= 0.3 is 6.18 Å². The molecule has 0 bridgehead atoms. The van der Waals surface area contributed by atoms with Gasteiger partial charge in [0.05, 0.1) is 13.7 Å². The predicted octanol–water partition coefficient (Wildman–Crippen LogP) is 1.70. The van der Waals surface area contributed by atoms with Gasteiger partial charge in [-0.05, 0) is 12.1 Å². The Labute approximate surface area is 96.0 Å². The lowest BCUT2D eigenvalue weighted by atomic mass is 10.2. The van der Waals surface area contributed by atoms with Crippen LogP contribution in [-0.4, -0.2) is 36.6 Å². The largest absolute Gasteiger partial charge is 0.495 e. The van der Waals surface area contributed by atoms with E-state index in [1.807, 2.05) is 0 Å². The Balaban J connectivity index is 2.55. The summed E-state index contributed by atoms with van der Waals surface area (Å²) in [4.78, 5) is 3.83. The molecule has 0 aromatic carbocycles. The molecule has 0 saturated heterocycles. The summed E-state index contributed by atoms with van der Waals surface area (Å²) >= 11 is 0. The average Bonchev–Trinajstić information content (AvgIpc) is 2.27. The molecule has 0 radical (unpaired) electrons. The minimum Gasteiger partial charge on any atom is -0.495 e. The minimum atomic E-state index is -4.41. The van der Waals surface area contributed by atoms with Crippen molar-refractivity contribution in [3.05, 3.63) is 24.0 Å². The van der Waals surface area contributed by atoms with Crippen LogP contribution < -0.4 is 4.74 Å². The molecule has 0 aliphatic carbocycles. The highest BCUT2D eigenvalue weighted by atomic mass is 19.4. The van der Waals surface area contributed by atoms with Crippen molar-refractivity contribution in [2.24, 2.45) is 0 Å². The number of halogens is 3. The van der Waals surface area contributed by atoms with E-state index in [0.29, 0.717) is 5.75 Å². The van der Waals surface area contributed by atoms with Gasteiger partial charge in [-0.25, -0.2) is 0 Å². The molecule has 17 heavy (non-hydrogen) atoms. The molecule has 1 atom stereocenters. The molecule has 0 fully saturated rings. The number of nitrogens with zero attached hydrogens (tertiary/aromatic N) is 1. The summed E-state index contributed by atoms with van der Waals surface area (Å²) in [5, 5.41) is 9.59. The highest BCUT2D eigenvalue weighted by molar-refractivity contribution is 5.28. The summed E-state index contributed by atoms with van der Waals surface area (Å²) < 4.78 is 44.7. The maximum absolute atomic E-state index is 11.8. The summed E-state index contributed by atoms with van der Waals surface area (Å²) in [5.41, 5.74) is 0.150. The van der Waals surface area contributed by atoms with Crippen LogP contribution in [0.3, 0.4) is 0 Å². The van der Waals surface area contributed by atoms with Crippen LogP contribution in [0.25, 0.3) is 0 Å². The van der Waals surface area contributed by atoms with Crippen molar-refractivity contribution in [3.63, 3.8) is 0 Å². The number of aromatic nitrogens is 1. The molecule has 1 aromatic rings. The quantitative estimate of drug-likeness (QED) is 0.865. The van der Waals surface area contributed by atoms with Gasteiger partial charge in [0.1, 0.15) is 24.2 Å². The summed E-state index contributed by atoms with van der Waals surface area (Å²) in [5.74, 6) is 0.301. The first-order valence-corrected chi connectivity index (χ1v) is 4.75. The third-order valence-electron chi connectivity index (χ3n) is 1.88. The Hall–Kier alpha value is -1.34. The number of aliphatic hydroxyl groups excluding tert-OH is 1. The van der Waals surface area contributed by atoms with E-state index < -0.39 is 25.5 Å². The number of ether oxygens (including phenoxy) is 2. The van der Waals surface area contributed by atoms with Crippen molar-refractivity contribution in [2.75, 3.05) is 20.3 Å². The van der Waals surface area contributed by atoms with Gasteiger partial charge < -0.3 is 14.6 Å². The summed E-state index contributed by atoms with van der Waals surface area (Å²) in [6.45, 7) is -1.90. The average molecular weight is 251 g/mol. The van der Waals surface area contributed by atoms with E-state index in [1.165, 1.54) is 13.3 Å². The van der Waals surface area contributed by atoms with Crippen molar-refractivity contribution in [2.45, 2.75) is 12.3 Å². The molecule has 0 amide bonds. The van der Waals surface area contributed by atoms with Gasteiger partial charge in [0.2, 0.25) is 0 Å². The van der Waals surface area contributed by atoms with Crippen LogP contribution >= 0.6 is 0 Å². The van der Waals surface area contributed by atoms with E-state index in [2.05, 4.69) is 9.72 Å². The Morgan fingerprint density at radius 2 is 2.18 bits per heavy atom. The number of hydrogen-bond acceptors (Lipinski definition) is 4. The molecule has 7 heteroatoms. The molecule has 1 N–H and O–H groups in total. The third kappa shape index (κ3) is 4.58. The van der Waals surface area contributed by atoms with Crippen molar-refractivity contribution in [1.82, 2.24) is 4.98 Å². The summed E-state index contributed by atoms with van der Waals surface area (Å²) in [7, 11) is 1.38. The van der Waals surface area contributed by atoms with Crippen LogP contribution in [0.2, 0.25) is 0 Å². The van der Waals surface area contributed by atoms with E-state index in [0.717, 1.165) is 0 Å². The van der Waals surface area contributed by atoms with Gasteiger partial charge in [-0.15, -0.1) is 0 Å². The third-order valence-corrected chi connectivity index (χ3v) is 1.88. The number of aliphatic hydroxyl groups is 1. The molecule has 4 nitrogen and oxygen atoms in total. The number of methoxy groups -OCH3 is 1. The Morgan fingerprint density at radius 1 is 1.47 bits per heavy atom. The fraction of sp³-hybridized carbons (Fsp3) is 0.500. The first-order chi connectivity index (χ1) is 7.94. The second-order valence-electron chi connectivity index (χ2n) is 3.24. The number of alkyl halides is 3. The van der Waals surface area contributed by atoms with Gasteiger partial charge in [-0.3, -0.25) is 4.98 Å². The highest BCUT2D eigenvalue weighted by Gasteiger charge is 2.28. The van der Waals surface area contributed by atoms with Crippen molar-refractivity contribution < 1.29 is 27.8 Å². The second kappa shape index (κ2) is 5.83. The zero-order valence-electron chi connectivity index (χ0n) is 9.07. The fourth-order valence-corrected chi connectivity index (χ4v) is 1.19. The second-order valence-corrected chi connectivity index (χ2v) is 3.24. The molecule has 96 valence electrons. The van der Waals surface area contributed by atoms with Gasteiger partial charge in [0.15, 0.2) is 0 Å². The number of pyridine rings is 1. The van der Waals surface area contributed by atoms with Crippen LogP contribution in [0.15, 0.2) is 18.3 Å². The van der Waals surface area contributed by atoms with Crippen molar-refractivity contribution >= 4 is 0 Å². The van der Waals surface area contributed by atoms with E-state index in [-0.39, 0.29) is 5.69 Å². The summed E-state index contributed by atoms with van der Waals surface area (Å²) in [6.07, 6.45) is -4.26. The number of rotatable bonds is 5. The standard InChI is InChI=1S/C10H12F3NO3/c1-16-8-3-2-4-14-9(8)7(15)5-17-6-10(11,12)13/h2-4,7,15H,5-6H2,1H3. The highest BCUT2D eigenvalue weighted by Crippen LogP contribution is 2.23. The molecule has 0 saturated carbocycles. The van der Waals surface area contributed by atoms with Gasteiger partial charge in [0, 0.05) is 6.20 Å². The Kier molecular flexibility index (Phi) is 4.71.